The topological polar surface area (TPSA) is 29.0 Å². The van der Waals surface area contributed by atoms with Crippen molar-refractivity contribution in [2.75, 3.05) is 4.90 Å². The second-order valence-electron chi connectivity index (χ2n) is 5.31. The molecule has 0 radical (unpaired) electrons. The van der Waals surface area contributed by atoms with Crippen LogP contribution in [0.3, 0.4) is 0 Å². The van der Waals surface area contributed by atoms with Crippen molar-refractivity contribution in [1.82, 2.24) is 9.97 Å². The molecule has 0 spiro atoms. The summed E-state index contributed by atoms with van der Waals surface area (Å²) in [5, 5.41) is 0.342. The van der Waals surface area contributed by atoms with Gasteiger partial charge in [0.05, 0.1) is 0 Å². The van der Waals surface area contributed by atoms with E-state index in [9.17, 15) is 0 Å². The minimum absolute atomic E-state index is 0.342. The van der Waals surface area contributed by atoms with Crippen molar-refractivity contribution >= 4 is 17.5 Å². The molecule has 2 aliphatic heterocycles. The van der Waals surface area contributed by atoms with E-state index in [0.717, 1.165) is 30.2 Å². The Kier molecular flexibility index (Phi) is 2.74. The largest absolute Gasteiger partial charge is 0.335 e. The monoisotopic (exact) mass is 251 g/mol. The van der Waals surface area contributed by atoms with E-state index in [1.165, 1.54) is 12.8 Å². The van der Waals surface area contributed by atoms with E-state index >= 15 is 0 Å². The van der Waals surface area contributed by atoms with Crippen molar-refractivity contribution < 1.29 is 0 Å². The van der Waals surface area contributed by atoms with Crippen molar-refractivity contribution in [2.24, 2.45) is 0 Å². The van der Waals surface area contributed by atoms with Crippen LogP contribution in [0.1, 0.15) is 37.1 Å². The van der Waals surface area contributed by atoms with Gasteiger partial charge in [-0.15, -0.1) is 11.6 Å². The molecule has 2 aliphatic rings. The number of piperidine rings is 1. The van der Waals surface area contributed by atoms with E-state index in [0.29, 0.717) is 17.5 Å². The molecule has 2 unspecified atom stereocenters. The summed E-state index contributed by atoms with van der Waals surface area (Å²) >= 11 is 6.29. The first kappa shape index (κ1) is 11.3. The van der Waals surface area contributed by atoms with Crippen LogP contribution in [0.4, 0.5) is 5.95 Å². The molecule has 0 amide bonds. The smallest absolute Gasteiger partial charge is 0.226 e. The van der Waals surface area contributed by atoms with E-state index in [1.807, 2.05) is 19.9 Å². The minimum Gasteiger partial charge on any atom is -0.335 e. The lowest BCUT2D eigenvalue weighted by Crippen LogP contribution is -2.44. The Balaban J connectivity index is 1.94. The molecule has 2 bridgehead atoms. The molecular formula is C13H18ClN3. The lowest BCUT2D eigenvalue weighted by atomic mass is 10.0. The second-order valence-corrected chi connectivity index (χ2v) is 5.93. The predicted octanol–water partition coefficient (Wildman–Crippen LogP) is 2.83. The van der Waals surface area contributed by atoms with Crippen LogP contribution < -0.4 is 4.90 Å². The van der Waals surface area contributed by atoms with Gasteiger partial charge in [0.1, 0.15) is 0 Å². The zero-order valence-corrected chi connectivity index (χ0v) is 11.1. The van der Waals surface area contributed by atoms with Crippen LogP contribution in [-0.2, 0) is 0 Å². The molecule has 0 N–H and O–H groups in total. The number of halogens is 1. The van der Waals surface area contributed by atoms with Crippen LogP contribution in [0.25, 0.3) is 0 Å². The standard InChI is InChI=1S/C13H18ClN3/c1-8-5-9(2)16-13(15-8)17-11-3-4-12(17)7-10(14)6-11/h5,10-12H,3-4,6-7H2,1-2H3. The number of hydrogen-bond donors (Lipinski definition) is 0. The first-order valence-corrected chi connectivity index (χ1v) is 6.82. The van der Waals surface area contributed by atoms with E-state index in [1.54, 1.807) is 0 Å². The minimum atomic E-state index is 0.342. The Morgan fingerprint density at radius 3 is 2.18 bits per heavy atom. The van der Waals surface area contributed by atoms with Gasteiger partial charge in [0.25, 0.3) is 0 Å². The number of alkyl halides is 1. The number of aryl methyl sites for hydroxylation is 2. The maximum Gasteiger partial charge on any atom is 0.226 e. The molecule has 0 aliphatic carbocycles. The molecule has 2 atom stereocenters. The Hall–Kier alpha value is -0.830. The molecule has 1 aromatic rings. The Labute approximate surface area is 107 Å². The fraction of sp³-hybridized carbons (Fsp3) is 0.692. The Morgan fingerprint density at radius 1 is 1.12 bits per heavy atom. The summed E-state index contributed by atoms with van der Waals surface area (Å²) in [6.45, 7) is 4.07. The number of hydrogen-bond acceptors (Lipinski definition) is 3. The lowest BCUT2D eigenvalue weighted by molar-refractivity contribution is 0.465. The maximum absolute atomic E-state index is 6.29. The highest BCUT2D eigenvalue weighted by Gasteiger charge is 2.41. The molecule has 17 heavy (non-hydrogen) atoms. The van der Waals surface area contributed by atoms with Gasteiger partial charge in [0.2, 0.25) is 5.95 Å². The van der Waals surface area contributed by atoms with Gasteiger partial charge >= 0.3 is 0 Å². The number of aromatic nitrogens is 2. The van der Waals surface area contributed by atoms with Crippen molar-refractivity contribution in [3.63, 3.8) is 0 Å². The summed E-state index contributed by atoms with van der Waals surface area (Å²) in [5.41, 5.74) is 2.11. The first-order chi connectivity index (χ1) is 8.13. The van der Waals surface area contributed by atoms with E-state index < -0.39 is 0 Å². The zero-order valence-electron chi connectivity index (χ0n) is 10.4. The van der Waals surface area contributed by atoms with Crippen molar-refractivity contribution in [3.05, 3.63) is 17.5 Å². The third-order valence-electron chi connectivity index (χ3n) is 3.88. The molecule has 3 heterocycles. The average Bonchev–Trinajstić information content (AvgIpc) is 2.50. The van der Waals surface area contributed by atoms with Crippen LogP contribution in [0.2, 0.25) is 0 Å². The highest BCUT2D eigenvalue weighted by Crippen LogP contribution is 2.39. The highest BCUT2D eigenvalue weighted by molar-refractivity contribution is 6.20. The van der Waals surface area contributed by atoms with Crippen LogP contribution in [-0.4, -0.2) is 27.4 Å². The number of anilines is 1. The summed E-state index contributed by atoms with van der Waals surface area (Å²) in [6.07, 6.45) is 4.64. The highest BCUT2D eigenvalue weighted by atomic mass is 35.5. The summed E-state index contributed by atoms with van der Waals surface area (Å²) in [6, 6.07) is 3.13. The van der Waals surface area contributed by atoms with Crippen LogP contribution >= 0.6 is 11.6 Å². The summed E-state index contributed by atoms with van der Waals surface area (Å²) < 4.78 is 0. The molecule has 0 saturated carbocycles. The molecule has 2 saturated heterocycles. The first-order valence-electron chi connectivity index (χ1n) is 6.38. The molecule has 3 nitrogen and oxygen atoms in total. The Bertz CT molecular complexity index is 400. The summed E-state index contributed by atoms with van der Waals surface area (Å²) in [5.74, 6) is 0.915. The normalized spacial score (nSPS) is 31.9. The van der Waals surface area contributed by atoms with Crippen molar-refractivity contribution in [3.8, 4) is 0 Å². The SMILES string of the molecule is Cc1cc(C)nc(N2C3CCC2CC(Cl)C3)n1. The fourth-order valence-corrected chi connectivity index (χ4v) is 3.67. The van der Waals surface area contributed by atoms with Gasteiger partial charge in [0.15, 0.2) is 0 Å². The number of fused-ring (bicyclic) bond motifs is 2. The molecule has 0 aromatic carbocycles. The van der Waals surface area contributed by atoms with Gasteiger partial charge in [-0.2, -0.15) is 0 Å². The van der Waals surface area contributed by atoms with Gasteiger partial charge in [-0.1, -0.05) is 0 Å². The van der Waals surface area contributed by atoms with E-state index in [4.69, 9.17) is 11.6 Å². The van der Waals surface area contributed by atoms with Crippen LogP contribution in [0.5, 0.6) is 0 Å². The van der Waals surface area contributed by atoms with Gasteiger partial charge in [-0.3, -0.25) is 0 Å². The average molecular weight is 252 g/mol. The van der Waals surface area contributed by atoms with Gasteiger partial charge in [-0.25, -0.2) is 9.97 Å². The molecule has 3 rings (SSSR count). The van der Waals surface area contributed by atoms with E-state index in [-0.39, 0.29) is 0 Å². The lowest BCUT2D eigenvalue weighted by Gasteiger charge is -2.37. The van der Waals surface area contributed by atoms with Crippen LogP contribution in [0, 0.1) is 13.8 Å². The molecule has 4 heteroatoms. The summed E-state index contributed by atoms with van der Waals surface area (Å²) in [7, 11) is 0. The van der Waals surface area contributed by atoms with Crippen LogP contribution in [0.15, 0.2) is 6.07 Å². The fourth-order valence-electron chi connectivity index (χ4n) is 3.26. The number of nitrogens with zero attached hydrogens (tertiary/aromatic N) is 3. The van der Waals surface area contributed by atoms with Crippen molar-refractivity contribution in [1.29, 1.82) is 0 Å². The molecule has 1 aromatic heterocycles. The Morgan fingerprint density at radius 2 is 1.65 bits per heavy atom. The predicted molar refractivity (Wildman–Crippen MR) is 69.7 cm³/mol. The maximum atomic E-state index is 6.29. The van der Waals surface area contributed by atoms with Crippen molar-refractivity contribution in [2.45, 2.75) is 57.0 Å². The van der Waals surface area contributed by atoms with E-state index in [2.05, 4.69) is 14.9 Å². The van der Waals surface area contributed by atoms with Gasteiger partial charge < -0.3 is 4.90 Å². The van der Waals surface area contributed by atoms with Gasteiger partial charge in [0, 0.05) is 28.8 Å². The third-order valence-corrected chi connectivity index (χ3v) is 4.23. The third kappa shape index (κ3) is 2.01. The zero-order chi connectivity index (χ0) is 12.0. The molecule has 2 fully saturated rings. The molecular weight excluding hydrogens is 234 g/mol. The van der Waals surface area contributed by atoms with Gasteiger partial charge in [-0.05, 0) is 45.6 Å². The second kappa shape index (κ2) is 4.13. The summed E-state index contributed by atoms with van der Waals surface area (Å²) in [4.78, 5) is 11.6. The quantitative estimate of drug-likeness (QED) is 0.719. The molecule has 92 valence electrons. The number of rotatable bonds is 1.